The van der Waals surface area contributed by atoms with E-state index in [9.17, 15) is 9.18 Å². The molecule has 0 aliphatic carbocycles. The second kappa shape index (κ2) is 6.62. The number of aromatic nitrogens is 2. The summed E-state index contributed by atoms with van der Waals surface area (Å²) in [5.74, 6) is 0.0501. The van der Waals surface area contributed by atoms with Gasteiger partial charge in [-0.1, -0.05) is 35.3 Å². The van der Waals surface area contributed by atoms with E-state index >= 15 is 0 Å². The number of nitrogens with one attached hydrogen (secondary N) is 1. The quantitative estimate of drug-likeness (QED) is 0.521. The number of thioether (sulfide) groups is 1. The molecule has 1 amide bonds. The van der Waals surface area contributed by atoms with Gasteiger partial charge in [-0.3, -0.25) is 10.1 Å². The van der Waals surface area contributed by atoms with Crippen molar-refractivity contribution in [3.63, 3.8) is 0 Å². The molecule has 1 N–H and O–H groups in total. The van der Waals surface area contributed by atoms with Gasteiger partial charge < -0.3 is 0 Å². The molecule has 0 atom stereocenters. The molecule has 0 unspecified atom stereocenters. The molecule has 0 fully saturated rings. The van der Waals surface area contributed by atoms with Crippen LogP contribution in [0.1, 0.15) is 17.3 Å². The molecule has 0 saturated carbocycles. The van der Waals surface area contributed by atoms with Gasteiger partial charge in [0.15, 0.2) is 4.34 Å². The molecule has 2 aromatic rings. The van der Waals surface area contributed by atoms with E-state index in [0.29, 0.717) is 10.7 Å². The van der Waals surface area contributed by atoms with Gasteiger partial charge in [-0.15, -0.1) is 10.2 Å². The third-order valence-electron chi connectivity index (χ3n) is 2.18. The van der Waals surface area contributed by atoms with Crippen LogP contribution in [0.2, 0.25) is 0 Å². The predicted octanol–water partition coefficient (Wildman–Crippen LogP) is 3.60. The third-order valence-corrected chi connectivity index (χ3v) is 4.38. The summed E-state index contributed by atoms with van der Waals surface area (Å²) in [5, 5.41) is 10.9. The molecule has 0 saturated heterocycles. The number of carbonyl (C=O) groups excluding carboxylic acids is 1. The van der Waals surface area contributed by atoms with E-state index in [4.69, 9.17) is 0 Å². The van der Waals surface area contributed by atoms with Crippen LogP contribution >= 0.6 is 23.1 Å². The first-order valence-corrected chi connectivity index (χ1v) is 7.52. The van der Waals surface area contributed by atoms with Crippen LogP contribution in [0.25, 0.3) is 0 Å². The van der Waals surface area contributed by atoms with Gasteiger partial charge >= 0.3 is 0 Å². The average Bonchev–Trinajstić information content (AvgIpc) is 2.84. The molecule has 0 bridgehead atoms. The number of carbonyl (C=O) groups is 1. The van der Waals surface area contributed by atoms with Gasteiger partial charge in [-0.2, -0.15) is 0 Å². The van der Waals surface area contributed by atoms with Crippen LogP contribution in [-0.4, -0.2) is 21.9 Å². The fourth-order valence-electron chi connectivity index (χ4n) is 1.27. The fourth-order valence-corrected chi connectivity index (χ4v) is 2.86. The van der Waals surface area contributed by atoms with Crippen molar-refractivity contribution in [2.45, 2.75) is 11.3 Å². The lowest BCUT2D eigenvalue weighted by atomic mass is 10.2. The van der Waals surface area contributed by atoms with Gasteiger partial charge in [0.2, 0.25) is 5.13 Å². The van der Waals surface area contributed by atoms with Crippen molar-refractivity contribution < 1.29 is 9.18 Å². The Labute approximate surface area is 124 Å². The first-order chi connectivity index (χ1) is 9.54. The van der Waals surface area contributed by atoms with Crippen molar-refractivity contribution in [2.75, 3.05) is 11.1 Å². The monoisotopic (exact) mass is 309 g/mol. The van der Waals surface area contributed by atoms with Gasteiger partial charge in [0.1, 0.15) is 5.82 Å². The minimum Gasteiger partial charge on any atom is -0.296 e. The van der Waals surface area contributed by atoms with Crippen molar-refractivity contribution in [3.05, 3.63) is 47.8 Å². The van der Waals surface area contributed by atoms with E-state index in [-0.39, 0.29) is 11.7 Å². The number of benzene rings is 1. The highest BCUT2D eigenvalue weighted by Gasteiger charge is 2.10. The topological polar surface area (TPSA) is 54.9 Å². The first kappa shape index (κ1) is 14.7. The summed E-state index contributed by atoms with van der Waals surface area (Å²) in [7, 11) is 0. The zero-order chi connectivity index (χ0) is 14.5. The van der Waals surface area contributed by atoms with Crippen molar-refractivity contribution in [1.29, 1.82) is 0 Å². The maximum atomic E-state index is 12.8. The molecule has 0 aliphatic rings. The Morgan fingerprint density at radius 3 is 2.75 bits per heavy atom. The predicted molar refractivity (Wildman–Crippen MR) is 79.8 cm³/mol. The highest BCUT2D eigenvalue weighted by Crippen LogP contribution is 2.26. The fraction of sp³-hybridized carbons (Fsp3) is 0.154. The normalized spacial score (nSPS) is 10.3. The Hall–Kier alpha value is -1.73. The SMILES string of the molecule is C=C(C)CSc1nnc(NC(=O)c2ccc(F)cc2)s1. The van der Waals surface area contributed by atoms with E-state index in [2.05, 4.69) is 22.1 Å². The summed E-state index contributed by atoms with van der Waals surface area (Å²) >= 11 is 2.81. The molecule has 20 heavy (non-hydrogen) atoms. The number of amides is 1. The Morgan fingerprint density at radius 2 is 2.10 bits per heavy atom. The summed E-state index contributed by atoms with van der Waals surface area (Å²) in [6.45, 7) is 5.74. The summed E-state index contributed by atoms with van der Waals surface area (Å²) in [5.41, 5.74) is 1.42. The Balaban J connectivity index is 1.97. The summed E-state index contributed by atoms with van der Waals surface area (Å²) in [4.78, 5) is 11.9. The van der Waals surface area contributed by atoms with Crippen molar-refractivity contribution in [1.82, 2.24) is 10.2 Å². The lowest BCUT2D eigenvalue weighted by Gasteiger charge is -2.00. The lowest BCUT2D eigenvalue weighted by molar-refractivity contribution is 0.102. The maximum Gasteiger partial charge on any atom is 0.257 e. The number of nitrogens with zero attached hydrogens (tertiary/aromatic N) is 2. The van der Waals surface area contributed by atoms with E-state index < -0.39 is 0 Å². The van der Waals surface area contributed by atoms with Crippen LogP contribution in [0, 0.1) is 5.82 Å². The highest BCUT2D eigenvalue weighted by atomic mass is 32.2. The van der Waals surface area contributed by atoms with Crippen LogP contribution < -0.4 is 5.32 Å². The highest BCUT2D eigenvalue weighted by molar-refractivity contribution is 8.01. The first-order valence-electron chi connectivity index (χ1n) is 5.72. The molecule has 7 heteroatoms. The molecular formula is C13H12FN3OS2. The standard InChI is InChI=1S/C13H12FN3OS2/c1-8(2)7-19-13-17-16-12(20-13)15-11(18)9-3-5-10(14)6-4-9/h3-6H,1,7H2,2H3,(H,15,16,18). The van der Waals surface area contributed by atoms with Crippen LogP contribution in [0.5, 0.6) is 0 Å². The summed E-state index contributed by atoms with van der Waals surface area (Å²) in [6.07, 6.45) is 0. The zero-order valence-electron chi connectivity index (χ0n) is 10.7. The van der Waals surface area contributed by atoms with Crippen molar-refractivity contribution in [3.8, 4) is 0 Å². The van der Waals surface area contributed by atoms with Gasteiger partial charge in [0.05, 0.1) is 0 Å². The minimum absolute atomic E-state index is 0.336. The molecule has 2 rings (SSSR count). The maximum absolute atomic E-state index is 12.8. The van der Waals surface area contributed by atoms with E-state index in [0.717, 1.165) is 15.7 Å². The third kappa shape index (κ3) is 4.14. The number of rotatable bonds is 5. The smallest absolute Gasteiger partial charge is 0.257 e. The summed E-state index contributed by atoms with van der Waals surface area (Å²) < 4.78 is 13.5. The van der Waals surface area contributed by atoms with E-state index in [1.165, 1.54) is 47.4 Å². The van der Waals surface area contributed by atoms with Crippen LogP contribution in [0.4, 0.5) is 9.52 Å². The molecule has 0 aliphatic heterocycles. The summed E-state index contributed by atoms with van der Waals surface area (Å²) in [6, 6.07) is 5.32. The van der Waals surface area contributed by atoms with Crippen LogP contribution in [0.3, 0.4) is 0 Å². The Kier molecular flexibility index (Phi) is 4.86. The molecule has 4 nitrogen and oxygen atoms in total. The number of hydrogen-bond donors (Lipinski definition) is 1. The van der Waals surface area contributed by atoms with Crippen LogP contribution in [-0.2, 0) is 0 Å². The lowest BCUT2D eigenvalue weighted by Crippen LogP contribution is -2.11. The molecule has 0 spiro atoms. The van der Waals surface area contributed by atoms with Gasteiger partial charge in [0, 0.05) is 11.3 Å². The van der Waals surface area contributed by atoms with Crippen molar-refractivity contribution >= 4 is 34.1 Å². The molecule has 1 aromatic heterocycles. The minimum atomic E-state index is -0.379. The van der Waals surface area contributed by atoms with Crippen molar-refractivity contribution in [2.24, 2.45) is 0 Å². The second-order valence-corrected chi connectivity index (χ2v) is 6.28. The molecule has 1 aromatic carbocycles. The van der Waals surface area contributed by atoms with Gasteiger partial charge in [0.25, 0.3) is 5.91 Å². The largest absolute Gasteiger partial charge is 0.296 e. The molecular weight excluding hydrogens is 297 g/mol. The molecule has 0 radical (unpaired) electrons. The van der Waals surface area contributed by atoms with Gasteiger partial charge in [-0.05, 0) is 31.2 Å². The molecule has 1 heterocycles. The number of hydrogen-bond acceptors (Lipinski definition) is 5. The molecule has 104 valence electrons. The van der Waals surface area contributed by atoms with Gasteiger partial charge in [-0.25, -0.2) is 4.39 Å². The second-order valence-electron chi connectivity index (χ2n) is 4.08. The van der Waals surface area contributed by atoms with E-state index in [1.807, 2.05) is 6.92 Å². The number of halogens is 1. The zero-order valence-corrected chi connectivity index (χ0v) is 12.4. The van der Waals surface area contributed by atoms with E-state index in [1.54, 1.807) is 0 Å². The Morgan fingerprint density at radius 1 is 1.40 bits per heavy atom. The Bertz CT molecular complexity index is 625. The number of anilines is 1. The van der Waals surface area contributed by atoms with Crippen LogP contribution in [0.15, 0.2) is 40.8 Å². The average molecular weight is 309 g/mol.